The van der Waals surface area contributed by atoms with Crippen LogP contribution in [0.2, 0.25) is 0 Å². The molecule has 1 saturated carbocycles. The Bertz CT molecular complexity index is 1620. The number of aromatic amines is 2. The second-order valence-corrected chi connectivity index (χ2v) is 12.1. The molecular formula is C34H38N6. The van der Waals surface area contributed by atoms with Crippen molar-refractivity contribution in [3.8, 4) is 33.6 Å². The maximum Gasteiger partial charge on any atom is 0.123 e. The molecule has 2 fully saturated rings. The summed E-state index contributed by atoms with van der Waals surface area (Å²) in [6, 6.07) is 22.5. The number of H-pyrrole nitrogens is 2. The number of imidazole rings is 2. The highest BCUT2D eigenvalue weighted by Crippen LogP contribution is 2.44. The zero-order chi connectivity index (χ0) is 27.1. The van der Waals surface area contributed by atoms with Gasteiger partial charge in [0.1, 0.15) is 11.6 Å². The number of fused-ring (bicyclic) bond motifs is 1. The summed E-state index contributed by atoms with van der Waals surface area (Å²) < 4.78 is 0. The van der Waals surface area contributed by atoms with Crippen LogP contribution < -0.4 is 10.6 Å². The van der Waals surface area contributed by atoms with Crippen LogP contribution in [0.4, 0.5) is 0 Å². The van der Waals surface area contributed by atoms with Gasteiger partial charge in [0.25, 0.3) is 0 Å². The normalized spacial score (nSPS) is 19.9. The van der Waals surface area contributed by atoms with E-state index >= 15 is 0 Å². The topological polar surface area (TPSA) is 81.4 Å². The van der Waals surface area contributed by atoms with Crippen molar-refractivity contribution < 1.29 is 0 Å². The fourth-order valence-electron chi connectivity index (χ4n) is 6.07. The molecule has 4 N–H and O–H groups in total. The standard InChI is InChI=1S/C34H38N6/c1-3-22-12-15-36-32(22)33-38-19-29(40-33)24-6-4-23(5-7-24)25-8-9-27-17-28(11-10-26(27)16-25)30-18-37-31(39-30)20-35-21-34(2)13-14-34/h4-11,16-19,22,32,35-36H,3,12-15,20-21H2,1-2H3,(H,37,39)(H,38,40). The van der Waals surface area contributed by atoms with Gasteiger partial charge in [0.2, 0.25) is 0 Å². The fourth-order valence-corrected chi connectivity index (χ4v) is 6.07. The van der Waals surface area contributed by atoms with Crippen LogP contribution in [0.3, 0.4) is 0 Å². The van der Waals surface area contributed by atoms with Gasteiger partial charge in [0.15, 0.2) is 0 Å². The van der Waals surface area contributed by atoms with Gasteiger partial charge in [-0.15, -0.1) is 0 Å². The molecule has 0 bridgehead atoms. The van der Waals surface area contributed by atoms with E-state index < -0.39 is 0 Å². The molecular weight excluding hydrogens is 492 g/mol. The average molecular weight is 531 g/mol. The molecule has 0 radical (unpaired) electrons. The minimum atomic E-state index is 0.337. The Morgan fingerprint density at radius 1 is 0.825 bits per heavy atom. The van der Waals surface area contributed by atoms with Crippen molar-refractivity contribution in [1.82, 2.24) is 30.6 Å². The lowest BCUT2D eigenvalue weighted by atomic mass is 9.97. The highest BCUT2D eigenvalue weighted by molar-refractivity contribution is 5.90. The van der Waals surface area contributed by atoms with Crippen molar-refractivity contribution >= 4 is 10.8 Å². The van der Waals surface area contributed by atoms with Crippen LogP contribution in [0, 0.1) is 11.3 Å². The summed E-state index contributed by atoms with van der Waals surface area (Å²) in [5, 5.41) is 9.62. The summed E-state index contributed by atoms with van der Waals surface area (Å²) in [6.45, 7) is 7.52. The van der Waals surface area contributed by atoms with Crippen LogP contribution in [0.25, 0.3) is 44.4 Å². The van der Waals surface area contributed by atoms with Crippen LogP contribution in [-0.2, 0) is 6.54 Å². The monoisotopic (exact) mass is 530 g/mol. The molecule has 6 heteroatoms. The van der Waals surface area contributed by atoms with E-state index in [1.54, 1.807) is 0 Å². The van der Waals surface area contributed by atoms with E-state index in [1.165, 1.54) is 47.6 Å². The van der Waals surface area contributed by atoms with Crippen molar-refractivity contribution in [2.45, 2.75) is 52.1 Å². The van der Waals surface area contributed by atoms with Crippen LogP contribution in [-0.4, -0.2) is 33.0 Å². The first-order chi connectivity index (χ1) is 19.6. The van der Waals surface area contributed by atoms with E-state index in [0.717, 1.165) is 53.8 Å². The van der Waals surface area contributed by atoms with Crippen LogP contribution in [0.15, 0.2) is 73.1 Å². The molecule has 0 spiro atoms. The smallest absolute Gasteiger partial charge is 0.123 e. The van der Waals surface area contributed by atoms with Gasteiger partial charge in [-0.3, -0.25) is 0 Å². The van der Waals surface area contributed by atoms with E-state index in [-0.39, 0.29) is 0 Å². The van der Waals surface area contributed by atoms with Gasteiger partial charge < -0.3 is 20.6 Å². The second-order valence-electron chi connectivity index (χ2n) is 12.1. The van der Waals surface area contributed by atoms with E-state index in [1.807, 2.05) is 12.4 Å². The van der Waals surface area contributed by atoms with Crippen LogP contribution in [0.5, 0.6) is 0 Å². The summed E-state index contributed by atoms with van der Waals surface area (Å²) in [5.74, 6) is 2.71. The van der Waals surface area contributed by atoms with Crippen molar-refractivity contribution in [2.75, 3.05) is 13.1 Å². The predicted octanol–water partition coefficient (Wildman–Crippen LogP) is 7.24. The molecule has 1 aliphatic heterocycles. The number of hydrogen-bond donors (Lipinski definition) is 4. The van der Waals surface area contributed by atoms with E-state index in [9.17, 15) is 0 Å². The quantitative estimate of drug-likeness (QED) is 0.162. The highest BCUT2D eigenvalue weighted by Gasteiger charge is 2.36. The van der Waals surface area contributed by atoms with E-state index in [0.29, 0.717) is 17.4 Å². The number of rotatable bonds is 9. The van der Waals surface area contributed by atoms with Gasteiger partial charge >= 0.3 is 0 Å². The molecule has 3 aromatic carbocycles. The predicted molar refractivity (Wildman–Crippen MR) is 163 cm³/mol. The van der Waals surface area contributed by atoms with Gasteiger partial charge in [0, 0.05) is 12.1 Å². The second kappa shape index (κ2) is 10.3. The van der Waals surface area contributed by atoms with E-state index in [4.69, 9.17) is 4.98 Å². The third-order valence-electron chi connectivity index (χ3n) is 9.02. The Kier molecular flexibility index (Phi) is 6.53. The lowest BCUT2D eigenvalue weighted by Crippen LogP contribution is -2.22. The van der Waals surface area contributed by atoms with Crippen molar-refractivity contribution in [3.63, 3.8) is 0 Å². The summed E-state index contributed by atoms with van der Waals surface area (Å²) in [7, 11) is 0. The molecule has 2 atom stereocenters. The Hall–Kier alpha value is -3.74. The number of nitrogens with one attached hydrogen (secondary N) is 4. The summed E-state index contributed by atoms with van der Waals surface area (Å²) in [6.07, 6.45) is 8.98. The Balaban J connectivity index is 1.05. The third kappa shape index (κ3) is 5.09. The summed E-state index contributed by atoms with van der Waals surface area (Å²) in [4.78, 5) is 16.4. The van der Waals surface area contributed by atoms with Crippen molar-refractivity contribution in [2.24, 2.45) is 11.3 Å². The molecule has 2 aliphatic rings. The molecule has 3 heterocycles. The van der Waals surface area contributed by atoms with E-state index in [2.05, 4.69) is 100 Å². The van der Waals surface area contributed by atoms with Crippen LogP contribution >= 0.6 is 0 Å². The minimum Gasteiger partial charge on any atom is -0.341 e. The van der Waals surface area contributed by atoms with Gasteiger partial charge in [-0.1, -0.05) is 68.8 Å². The zero-order valence-corrected chi connectivity index (χ0v) is 23.4. The molecule has 6 nitrogen and oxygen atoms in total. The maximum absolute atomic E-state index is 4.71. The zero-order valence-electron chi connectivity index (χ0n) is 23.4. The minimum absolute atomic E-state index is 0.337. The van der Waals surface area contributed by atoms with Gasteiger partial charge in [0.05, 0.1) is 36.4 Å². The molecule has 1 saturated heterocycles. The highest BCUT2D eigenvalue weighted by atomic mass is 15.0. The van der Waals surface area contributed by atoms with Crippen molar-refractivity contribution in [3.05, 3.63) is 84.7 Å². The Morgan fingerprint density at radius 3 is 2.27 bits per heavy atom. The summed E-state index contributed by atoms with van der Waals surface area (Å²) in [5.41, 5.74) is 7.40. The Morgan fingerprint density at radius 2 is 1.50 bits per heavy atom. The molecule has 0 amide bonds. The first-order valence-electron chi connectivity index (χ1n) is 14.7. The molecule has 1 aliphatic carbocycles. The van der Waals surface area contributed by atoms with Gasteiger partial charge in [-0.25, -0.2) is 9.97 Å². The first kappa shape index (κ1) is 25.2. The number of nitrogens with zero attached hydrogens (tertiary/aromatic N) is 2. The number of aromatic nitrogens is 4. The number of hydrogen-bond acceptors (Lipinski definition) is 4. The average Bonchev–Trinajstić information content (AvgIpc) is 3.43. The molecule has 40 heavy (non-hydrogen) atoms. The molecule has 5 aromatic rings. The molecule has 204 valence electrons. The third-order valence-corrected chi connectivity index (χ3v) is 9.02. The fraction of sp³-hybridized carbons (Fsp3) is 0.353. The molecule has 7 rings (SSSR count). The summed E-state index contributed by atoms with van der Waals surface area (Å²) >= 11 is 0. The maximum atomic E-state index is 4.71. The number of benzene rings is 3. The van der Waals surface area contributed by atoms with Crippen molar-refractivity contribution in [1.29, 1.82) is 0 Å². The van der Waals surface area contributed by atoms with Crippen LogP contribution in [0.1, 0.15) is 57.2 Å². The molecule has 2 unspecified atom stereocenters. The lowest BCUT2D eigenvalue weighted by Gasteiger charge is -2.15. The van der Waals surface area contributed by atoms with Gasteiger partial charge in [-0.05, 0) is 76.7 Å². The van der Waals surface area contributed by atoms with Gasteiger partial charge in [-0.2, -0.15) is 0 Å². The molecule has 2 aromatic heterocycles. The first-order valence-corrected chi connectivity index (χ1v) is 14.7. The Labute approximate surface area is 236 Å². The SMILES string of the molecule is CCC1CCNC1c1ncc(-c2ccc(-c3ccc4cc(-c5cnc(CNCC6(C)CC6)[nH]5)ccc4c3)cc2)[nH]1. The largest absolute Gasteiger partial charge is 0.341 e. The lowest BCUT2D eigenvalue weighted by molar-refractivity contribution is 0.434.